The van der Waals surface area contributed by atoms with Gasteiger partial charge in [0.1, 0.15) is 11.6 Å². The van der Waals surface area contributed by atoms with E-state index in [1.54, 1.807) is 13.3 Å². The maximum absolute atomic E-state index is 5.35. The fourth-order valence-corrected chi connectivity index (χ4v) is 2.14. The van der Waals surface area contributed by atoms with Gasteiger partial charge in [0, 0.05) is 31.4 Å². The number of para-hydroxylation sites is 1. The molecule has 1 N–H and O–H groups in total. The molecule has 0 radical (unpaired) electrons. The highest BCUT2D eigenvalue weighted by atomic mass is 16.5. The van der Waals surface area contributed by atoms with Gasteiger partial charge >= 0.3 is 0 Å². The number of ether oxygens (including phenoxy) is 1. The lowest BCUT2D eigenvalue weighted by Crippen LogP contribution is -2.24. The van der Waals surface area contributed by atoms with Crippen molar-refractivity contribution in [1.29, 1.82) is 0 Å². The highest BCUT2D eigenvalue weighted by molar-refractivity contribution is 5.43. The van der Waals surface area contributed by atoms with Crippen LogP contribution in [0.4, 0.5) is 11.8 Å². The van der Waals surface area contributed by atoms with E-state index in [0.717, 1.165) is 36.2 Å². The zero-order chi connectivity index (χ0) is 15.1. The second-order valence-corrected chi connectivity index (χ2v) is 4.58. The third-order valence-corrected chi connectivity index (χ3v) is 3.34. The molecular formula is C16H22N4O. The van der Waals surface area contributed by atoms with Crippen molar-refractivity contribution in [1.82, 2.24) is 9.97 Å². The van der Waals surface area contributed by atoms with Crippen LogP contribution in [0, 0.1) is 0 Å². The Morgan fingerprint density at radius 3 is 2.62 bits per heavy atom. The van der Waals surface area contributed by atoms with Crippen LogP contribution in [0.25, 0.3) is 0 Å². The Morgan fingerprint density at radius 2 is 1.90 bits per heavy atom. The molecule has 0 spiro atoms. The normalized spacial score (nSPS) is 10.2. The van der Waals surface area contributed by atoms with Gasteiger partial charge < -0.3 is 15.0 Å². The fraction of sp³-hybridized carbons (Fsp3) is 0.375. The average Bonchev–Trinajstić information content (AvgIpc) is 2.55. The van der Waals surface area contributed by atoms with Crippen LogP contribution in [0.2, 0.25) is 0 Å². The third kappa shape index (κ3) is 3.84. The maximum atomic E-state index is 5.35. The summed E-state index contributed by atoms with van der Waals surface area (Å²) < 4.78 is 5.35. The fourth-order valence-electron chi connectivity index (χ4n) is 2.14. The van der Waals surface area contributed by atoms with Crippen LogP contribution in [0.15, 0.2) is 36.5 Å². The van der Waals surface area contributed by atoms with Gasteiger partial charge in [0.2, 0.25) is 5.95 Å². The molecule has 1 aromatic carbocycles. The molecule has 1 heterocycles. The summed E-state index contributed by atoms with van der Waals surface area (Å²) in [4.78, 5) is 11.0. The van der Waals surface area contributed by atoms with Crippen molar-refractivity contribution in [3.05, 3.63) is 42.1 Å². The molecule has 2 aromatic rings. The minimum absolute atomic E-state index is 0.665. The van der Waals surface area contributed by atoms with Crippen LogP contribution in [0.5, 0.6) is 5.75 Å². The number of rotatable bonds is 7. The molecule has 5 heteroatoms. The van der Waals surface area contributed by atoms with Gasteiger partial charge in [-0.1, -0.05) is 18.2 Å². The third-order valence-electron chi connectivity index (χ3n) is 3.34. The van der Waals surface area contributed by atoms with E-state index in [2.05, 4.69) is 34.0 Å². The second-order valence-electron chi connectivity index (χ2n) is 4.58. The van der Waals surface area contributed by atoms with E-state index in [0.29, 0.717) is 6.54 Å². The number of nitrogens with zero attached hydrogens (tertiary/aromatic N) is 3. The first kappa shape index (κ1) is 15.1. The van der Waals surface area contributed by atoms with Crippen LogP contribution in [0.3, 0.4) is 0 Å². The van der Waals surface area contributed by atoms with E-state index >= 15 is 0 Å². The Hall–Kier alpha value is -2.30. The van der Waals surface area contributed by atoms with Gasteiger partial charge in [-0.25, -0.2) is 4.98 Å². The zero-order valence-electron chi connectivity index (χ0n) is 12.8. The van der Waals surface area contributed by atoms with Crippen molar-refractivity contribution < 1.29 is 4.74 Å². The Balaban J connectivity index is 2.08. The van der Waals surface area contributed by atoms with Gasteiger partial charge in [-0.2, -0.15) is 4.98 Å². The summed E-state index contributed by atoms with van der Waals surface area (Å²) in [6.45, 7) is 6.65. The maximum Gasteiger partial charge on any atom is 0.227 e. The van der Waals surface area contributed by atoms with Gasteiger partial charge in [-0.05, 0) is 26.0 Å². The molecule has 0 amide bonds. The molecule has 112 valence electrons. The number of anilines is 2. The number of benzene rings is 1. The molecule has 0 aliphatic rings. The van der Waals surface area contributed by atoms with Gasteiger partial charge in [0.05, 0.1) is 7.11 Å². The molecule has 5 nitrogen and oxygen atoms in total. The van der Waals surface area contributed by atoms with Crippen LogP contribution in [0.1, 0.15) is 19.4 Å². The van der Waals surface area contributed by atoms with Crippen LogP contribution < -0.4 is 15.0 Å². The van der Waals surface area contributed by atoms with E-state index in [-0.39, 0.29) is 0 Å². The lowest BCUT2D eigenvalue weighted by molar-refractivity contribution is 0.410. The first-order chi connectivity index (χ1) is 10.3. The number of nitrogens with one attached hydrogen (secondary N) is 1. The summed E-state index contributed by atoms with van der Waals surface area (Å²) >= 11 is 0. The number of hydrogen-bond donors (Lipinski definition) is 1. The minimum atomic E-state index is 0.665. The molecule has 0 saturated heterocycles. The standard InChI is InChI=1S/C16H22N4O/c1-4-20(5-2)16-17-11-10-15(19-16)18-12-13-8-6-7-9-14(13)21-3/h6-11H,4-5,12H2,1-3H3,(H,17,18,19). The van der Waals surface area contributed by atoms with Crippen LogP contribution >= 0.6 is 0 Å². The first-order valence-corrected chi connectivity index (χ1v) is 7.22. The van der Waals surface area contributed by atoms with Gasteiger partial charge in [-0.15, -0.1) is 0 Å². The van der Waals surface area contributed by atoms with Crippen molar-refractivity contribution in [3.63, 3.8) is 0 Å². The Kier molecular flexibility index (Phi) is 5.37. The Morgan fingerprint density at radius 1 is 1.14 bits per heavy atom. The molecule has 21 heavy (non-hydrogen) atoms. The monoisotopic (exact) mass is 286 g/mol. The van der Waals surface area contributed by atoms with Crippen molar-refractivity contribution in [2.45, 2.75) is 20.4 Å². The lowest BCUT2D eigenvalue weighted by atomic mass is 10.2. The molecule has 0 unspecified atom stereocenters. The van der Waals surface area contributed by atoms with Gasteiger partial charge in [0.15, 0.2) is 0 Å². The molecule has 0 aliphatic heterocycles. The molecule has 2 rings (SSSR count). The van der Waals surface area contributed by atoms with Crippen molar-refractivity contribution in [3.8, 4) is 5.75 Å². The van der Waals surface area contributed by atoms with E-state index in [9.17, 15) is 0 Å². The quantitative estimate of drug-likeness (QED) is 0.848. The van der Waals surface area contributed by atoms with Crippen molar-refractivity contribution in [2.75, 3.05) is 30.4 Å². The van der Waals surface area contributed by atoms with E-state index < -0.39 is 0 Å². The largest absolute Gasteiger partial charge is 0.496 e. The molecule has 1 aromatic heterocycles. The summed E-state index contributed by atoms with van der Waals surface area (Å²) in [5, 5.41) is 3.32. The molecule has 0 aliphatic carbocycles. The summed E-state index contributed by atoms with van der Waals surface area (Å²) in [6, 6.07) is 9.84. The van der Waals surface area contributed by atoms with Crippen LogP contribution in [-0.2, 0) is 6.54 Å². The van der Waals surface area contributed by atoms with E-state index in [4.69, 9.17) is 4.74 Å². The topological polar surface area (TPSA) is 50.3 Å². The molecule has 0 bridgehead atoms. The van der Waals surface area contributed by atoms with Crippen molar-refractivity contribution >= 4 is 11.8 Å². The second kappa shape index (κ2) is 7.47. The minimum Gasteiger partial charge on any atom is -0.496 e. The van der Waals surface area contributed by atoms with E-state index in [1.807, 2.05) is 30.3 Å². The highest BCUT2D eigenvalue weighted by Crippen LogP contribution is 2.19. The van der Waals surface area contributed by atoms with Crippen LogP contribution in [-0.4, -0.2) is 30.2 Å². The number of hydrogen-bond acceptors (Lipinski definition) is 5. The Labute approximate surface area is 126 Å². The summed E-state index contributed by atoms with van der Waals surface area (Å²) in [6.07, 6.45) is 1.78. The smallest absolute Gasteiger partial charge is 0.227 e. The molecule has 0 fully saturated rings. The summed E-state index contributed by atoms with van der Waals surface area (Å²) in [5.74, 6) is 2.45. The summed E-state index contributed by atoms with van der Waals surface area (Å²) in [7, 11) is 1.68. The van der Waals surface area contributed by atoms with Gasteiger partial charge in [-0.3, -0.25) is 0 Å². The predicted octanol–water partition coefficient (Wildman–Crippen LogP) is 2.94. The lowest BCUT2D eigenvalue weighted by Gasteiger charge is -2.19. The summed E-state index contributed by atoms with van der Waals surface area (Å²) in [5.41, 5.74) is 1.10. The zero-order valence-corrected chi connectivity index (χ0v) is 12.8. The molecule has 0 saturated carbocycles. The van der Waals surface area contributed by atoms with Crippen molar-refractivity contribution in [2.24, 2.45) is 0 Å². The average molecular weight is 286 g/mol. The number of aromatic nitrogens is 2. The molecular weight excluding hydrogens is 264 g/mol. The predicted molar refractivity (Wildman–Crippen MR) is 85.9 cm³/mol. The van der Waals surface area contributed by atoms with E-state index in [1.165, 1.54) is 0 Å². The number of methoxy groups -OCH3 is 1. The molecule has 0 atom stereocenters. The SMILES string of the molecule is CCN(CC)c1nccc(NCc2ccccc2OC)n1. The Bertz CT molecular complexity index is 570. The van der Waals surface area contributed by atoms with Gasteiger partial charge in [0.25, 0.3) is 0 Å². The first-order valence-electron chi connectivity index (χ1n) is 7.22. The highest BCUT2D eigenvalue weighted by Gasteiger charge is 2.06.